The maximum Gasteiger partial charge on any atom is 0.293 e. The number of phenolic OH excluding ortho intramolecular Hbond substituents is 1. The summed E-state index contributed by atoms with van der Waals surface area (Å²) in [6.45, 7) is 5.20. The van der Waals surface area contributed by atoms with Crippen LogP contribution in [0.25, 0.3) is 0 Å². The minimum absolute atomic E-state index is 0.0298. The molecule has 6 nitrogen and oxygen atoms in total. The summed E-state index contributed by atoms with van der Waals surface area (Å²) in [6, 6.07) is 10.8. The van der Waals surface area contributed by atoms with E-state index in [0.29, 0.717) is 43.0 Å². The Labute approximate surface area is 171 Å². The van der Waals surface area contributed by atoms with Gasteiger partial charge in [0.05, 0.1) is 18.8 Å². The molecule has 0 aliphatic carbocycles. The van der Waals surface area contributed by atoms with Crippen molar-refractivity contribution in [1.29, 1.82) is 0 Å². The highest BCUT2D eigenvalue weighted by Gasteiger charge is 2.15. The SMILES string of the molecule is CCCc1c(OCCCCOc2ccc(COC=O)cc2)ccc(C(C)=O)c1O. The molecule has 2 aromatic carbocycles. The molecule has 0 saturated carbocycles. The van der Waals surface area contributed by atoms with Crippen LogP contribution in [0.5, 0.6) is 17.2 Å². The highest BCUT2D eigenvalue weighted by molar-refractivity contribution is 5.97. The van der Waals surface area contributed by atoms with Gasteiger partial charge in [0, 0.05) is 5.56 Å². The van der Waals surface area contributed by atoms with Gasteiger partial charge in [-0.15, -0.1) is 0 Å². The zero-order valence-electron chi connectivity index (χ0n) is 17.0. The standard InChI is InChI=1S/C23H28O6/c1-3-6-21-22(12-11-20(17(2)25)23(21)26)29-14-5-4-13-28-19-9-7-18(8-10-19)15-27-16-24/h7-12,16,26H,3-6,13-15H2,1-2H3. The monoisotopic (exact) mass is 400 g/mol. The predicted octanol–water partition coefficient (Wildman–Crippen LogP) is 4.46. The van der Waals surface area contributed by atoms with Gasteiger partial charge in [-0.1, -0.05) is 25.5 Å². The first-order chi connectivity index (χ1) is 14.1. The molecule has 0 unspecified atom stereocenters. The Morgan fingerprint density at radius 1 is 1.03 bits per heavy atom. The van der Waals surface area contributed by atoms with Crippen molar-refractivity contribution in [3.63, 3.8) is 0 Å². The zero-order valence-corrected chi connectivity index (χ0v) is 17.0. The second-order valence-electron chi connectivity index (χ2n) is 6.70. The first-order valence-electron chi connectivity index (χ1n) is 9.82. The summed E-state index contributed by atoms with van der Waals surface area (Å²) in [5.41, 5.74) is 1.92. The number of hydrogen-bond acceptors (Lipinski definition) is 6. The van der Waals surface area contributed by atoms with Gasteiger partial charge >= 0.3 is 0 Å². The molecular formula is C23H28O6. The lowest BCUT2D eigenvalue weighted by atomic mass is 10.0. The average Bonchev–Trinajstić information content (AvgIpc) is 2.72. The van der Waals surface area contributed by atoms with E-state index in [-0.39, 0.29) is 18.1 Å². The molecule has 1 N–H and O–H groups in total. The van der Waals surface area contributed by atoms with E-state index in [1.54, 1.807) is 12.1 Å². The van der Waals surface area contributed by atoms with Crippen molar-refractivity contribution in [2.24, 2.45) is 0 Å². The average molecular weight is 400 g/mol. The molecule has 2 aromatic rings. The van der Waals surface area contributed by atoms with Crippen molar-refractivity contribution >= 4 is 12.3 Å². The molecule has 0 radical (unpaired) electrons. The highest BCUT2D eigenvalue weighted by atomic mass is 16.5. The van der Waals surface area contributed by atoms with Crippen LogP contribution in [0.3, 0.4) is 0 Å². The lowest BCUT2D eigenvalue weighted by molar-refractivity contribution is -0.129. The van der Waals surface area contributed by atoms with E-state index in [1.807, 2.05) is 31.2 Å². The van der Waals surface area contributed by atoms with Crippen molar-refractivity contribution in [2.45, 2.75) is 46.1 Å². The number of ether oxygens (including phenoxy) is 3. The van der Waals surface area contributed by atoms with Gasteiger partial charge in [0.2, 0.25) is 0 Å². The Kier molecular flexibility index (Phi) is 9.02. The Hall–Kier alpha value is -3.02. The van der Waals surface area contributed by atoms with Gasteiger partial charge < -0.3 is 19.3 Å². The van der Waals surface area contributed by atoms with Crippen molar-refractivity contribution in [3.05, 3.63) is 53.1 Å². The summed E-state index contributed by atoms with van der Waals surface area (Å²) in [4.78, 5) is 21.8. The van der Waals surface area contributed by atoms with Crippen LogP contribution in [-0.2, 0) is 22.6 Å². The Morgan fingerprint density at radius 3 is 2.34 bits per heavy atom. The number of carbonyl (C=O) groups excluding carboxylic acids is 2. The van der Waals surface area contributed by atoms with Crippen LogP contribution in [0.2, 0.25) is 0 Å². The maximum atomic E-state index is 11.6. The number of unbranched alkanes of at least 4 members (excludes halogenated alkanes) is 1. The summed E-state index contributed by atoms with van der Waals surface area (Å²) in [5, 5.41) is 10.4. The van der Waals surface area contributed by atoms with Crippen LogP contribution in [0, 0.1) is 0 Å². The van der Waals surface area contributed by atoms with Gasteiger partial charge in [-0.05, 0) is 56.0 Å². The quantitative estimate of drug-likeness (QED) is 0.304. The number of ketones is 1. The van der Waals surface area contributed by atoms with Gasteiger partial charge in [-0.3, -0.25) is 9.59 Å². The third-order valence-corrected chi connectivity index (χ3v) is 4.43. The van der Waals surface area contributed by atoms with Crippen LogP contribution in [0.1, 0.15) is 54.6 Å². The topological polar surface area (TPSA) is 82.1 Å². The van der Waals surface area contributed by atoms with E-state index < -0.39 is 0 Å². The lowest BCUT2D eigenvalue weighted by Crippen LogP contribution is -2.05. The zero-order chi connectivity index (χ0) is 21.1. The number of rotatable bonds is 13. The molecule has 29 heavy (non-hydrogen) atoms. The molecule has 0 aromatic heterocycles. The lowest BCUT2D eigenvalue weighted by Gasteiger charge is -2.14. The molecule has 6 heteroatoms. The second-order valence-corrected chi connectivity index (χ2v) is 6.70. The van der Waals surface area contributed by atoms with E-state index in [4.69, 9.17) is 14.2 Å². The van der Waals surface area contributed by atoms with Crippen molar-refractivity contribution in [3.8, 4) is 17.2 Å². The Morgan fingerprint density at radius 2 is 1.72 bits per heavy atom. The minimum atomic E-state index is -0.159. The molecule has 0 heterocycles. The fraction of sp³-hybridized carbons (Fsp3) is 0.391. The molecule has 156 valence electrons. The third-order valence-electron chi connectivity index (χ3n) is 4.43. The van der Waals surface area contributed by atoms with Crippen LogP contribution in [0.15, 0.2) is 36.4 Å². The van der Waals surface area contributed by atoms with Crippen LogP contribution >= 0.6 is 0 Å². The largest absolute Gasteiger partial charge is 0.507 e. The molecule has 0 atom stereocenters. The van der Waals surface area contributed by atoms with E-state index in [9.17, 15) is 14.7 Å². The molecule has 0 amide bonds. The summed E-state index contributed by atoms with van der Waals surface area (Å²) >= 11 is 0. The molecule has 0 aliphatic rings. The van der Waals surface area contributed by atoms with E-state index in [0.717, 1.165) is 30.6 Å². The Bertz CT molecular complexity index is 798. The second kappa shape index (κ2) is 11.7. The van der Waals surface area contributed by atoms with Crippen molar-refractivity contribution in [1.82, 2.24) is 0 Å². The molecule has 0 aliphatic heterocycles. The van der Waals surface area contributed by atoms with Gasteiger partial charge in [-0.25, -0.2) is 0 Å². The fourth-order valence-electron chi connectivity index (χ4n) is 2.92. The molecule has 0 bridgehead atoms. The first kappa shape index (κ1) is 22.3. The van der Waals surface area contributed by atoms with Crippen molar-refractivity contribution in [2.75, 3.05) is 13.2 Å². The third kappa shape index (κ3) is 6.82. The summed E-state index contributed by atoms with van der Waals surface area (Å²) < 4.78 is 16.2. The predicted molar refractivity (Wildman–Crippen MR) is 110 cm³/mol. The number of hydrogen-bond donors (Lipinski definition) is 1. The number of carbonyl (C=O) groups is 2. The molecular weight excluding hydrogens is 372 g/mol. The number of Topliss-reactive ketones (excluding diaryl/α,β-unsaturated/α-hetero) is 1. The number of benzene rings is 2. The van der Waals surface area contributed by atoms with Crippen LogP contribution in [0.4, 0.5) is 0 Å². The van der Waals surface area contributed by atoms with Crippen molar-refractivity contribution < 1.29 is 28.9 Å². The van der Waals surface area contributed by atoms with Crippen LogP contribution < -0.4 is 9.47 Å². The Balaban J connectivity index is 1.77. The fourth-order valence-corrected chi connectivity index (χ4v) is 2.92. The smallest absolute Gasteiger partial charge is 0.293 e. The van der Waals surface area contributed by atoms with Crippen LogP contribution in [-0.4, -0.2) is 30.6 Å². The molecule has 0 saturated heterocycles. The number of aromatic hydroxyl groups is 1. The van der Waals surface area contributed by atoms with Gasteiger partial charge in [0.15, 0.2) is 5.78 Å². The number of phenols is 1. The normalized spacial score (nSPS) is 10.4. The van der Waals surface area contributed by atoms with E-state index in [2.05, 4.69) is 0 Å². The molecule has 0 fully saturated rings. The van der Waals surface area contributed by atoms with E-state index >= 15 is 0 Å². The van der Waals surface area contributed by atoms with E-state index in [1.165, 1.54) is 6.92 Å². The van der Waals surface area contributed by atoms with Gasteiger partial charge in [0.25, 0.3) is 6.47 Å². The minimum Gasteiger partial charge on any atom is -0.507 e. The van der Waals surface area contributed by atoms with Gasteiger partial charge in [0.1, 0.15) is 23.9 Å². The summed E-state index contributed by atoms with van der Waals surface area (Å²) in [7, 11) is 0. The van der Waals surface area contributed by atoms with Gasteiger partial charge in [-0.2, -0.15) is 0 Å². The molecule has 0 spiro atoms. The summed E-state index contributed by atoms with van der Waals surface area (Å²) in [5.74, 6) is 1.26. The summed E-state index contributed by atoms with van der Waals surface area (Å²) in [6.07, 6.45) is 3.11. The molecule has 2 rings (SSSR count). The highest BCUT2D eigenvalue weighted by Crippen LogP contribution is 2.33. The maximum absolute atomic E-state index is 11.6. The first-order valence-corrected chi connectivity index (χ1v) is 9.82.